The molecule has 3 rings (SSSR count). The number of carbonyl (C=O) groups is 1. The van der Waals surface area contributed by atoms with Gasteiger partial charge in [-0.05, 0) is 37.5 Å². The second kappa shape index (κ2) is 6.68. The number of rotatable bonds is 5. The first-order valence-corrected chi connectivity index (χ1v) is 9.16. The summed E-state index contributed by atoms with van der Waals surface area (Å²) in [5.74, 6) is 2.19. The van der Waals surface area contributed by atoms with Crippen molar-refractivity contribution in [3.63, 3.8) is 0 Å². The van der Waals surface area contributed by atoms with Gasteiger partial charge in [0.25, 0.3) is 0 Å². The highest BCUT2D eigenvalue weighted by Crippen LogP contribution is 2.38. The van der Waals surface area contributed by atoms with Gasteiger partial charge in [0, 0.05) is 31.1 Å². The number of nitrogens with zero attached hydrogens (tertiary/aromatic N) is 1. The Morgan fingerprint density at radius 2 is 1.76 bits per heavy atom. The molecule has 0 aromatic carbocycles. The van der Waals surface area contributed by atoms with Crippen LogP contribution in [0.25, 0.3) is 0 Å². The largest absolute Gasteiger partial charge is 0.341 e. The average molecular weight is 292 g/mol. The van der Waals surface area contributed by atoms with Gasteiger partial charge in [-0.2, -0.15) is 0 Å². The molecule has 3 aliphatic rings. The van der Waals surface area contributed by atoms with E-state index in [2.05, 4.69) is 10.2 Å². The first-order chi connectivity index (χ1) is 10.1. The molecular weight excluding hydrogens is 260 g/mol. The lowest BCUT2D eigenvalue weighted by atomic mass is 9.88. The predicted molar refractivity (Wildman–Crippen MR) is 86.0 cm³/mol. The Morgan fingerprint density at radius 1 is 1.05 bits per heavy atom. The number of amides is 1. The van der Waals surface area contributed by atoms with Gasteiger partial charge in [0.15, 0.2) is 0 Å². The van der Waals surface area contributed by atoms with E-state index in [1.807, 2.05) is 13.8 Å². The maximum atomic E-state index is 12.4. The molecule has 2 saturated carbocycles. The molecule has 3 nitrogen and oxygen atoms in total. The van der Waals surface area contributed by atoms with Gasteiger partial charge >= 0.3 is 0 Å². The number of hydrogen-bond donors (Lipinski definition) is 1. The monoisotopic (exact) mass is 292 g/mol. The minimum atomic E-state index is 0.136. The SMILES string of the molecule is CC(C)C(=O)N1CC(CC2CC2)CC(NC2CCCC2)C1. The minimum Gasteiger partial charge on any atom is -0.341 e. The second-order valence-electron chi connectivity index (χ2n) is 8.02. The van der Waals surface area contributed by atoms with E-state index in [9.17, 15) is 4.79 Å². The van der Waals surface area contributed by atoms with Crippen molar-refractivity contribution < 1.29 is 4.79 Å². The lowest BCUT2D eigenvalue weighted by Gasteiger charge is -2.40. The highest BCUT2D eigenvalue weighted by Gasteiger charge is 2.35. The average Bonchev–Trinajstić information content (AvgIpc) is 3.11. The number of hydrogen-bond acceptors (Lipinski definition) is 2. The van der Waals surface area contributed by atoms with Gasteiger partial charge in [-0.25, -0.2) is 0 Å². The van der Waals surface area contributed by atoms with Crippen LogP contribution in [0.3, 0.4) is 0 Å². The van der Waals surface area contributed by atoms with Crippen LogP contribution in [0.5, 0.6) is 0 Å². The lowest BCUT2D eigenvalue weighted by Crippen LogP contribution is -2.54. The molecule has 3 heteroatoms. The molecule has 0 aromatic rings. The van der Waals surface area contributed by atoms with E-state index in [0.717, 1.165) is 24.9 Å². The van der Waals surface area contributed by atoms with Crippen LogP contribution in [0, 0.1) is 17.8 Å². The van der Waals surface area contributed by atoms with Gasteiger partial charge in [-0.1, -0.05) is 39.5 Å². The molecule has 2 aliphatic carbocycles. The molecule has 0 bridgehead atoms. The van der Waals surface area contributed by atoms with Gasteiger partial charge in [0.2, 0.25) is 5.91 Å². The van der Waals surface area contributed by atoms with E-state index in [1.54, 1.807) is 0 Å². The topological polar surface area (TPSA) is 32.3 Å². The maximum Gasteiger partial charge on any atom is 0.225 e. The van der Waals surface area contributed by atoms with Crippen LogP contribution in [0.4, 0.5) is 0 Å². The molecule has 2 unspecified atom stereocenters. The first kappa shape index (κ1) is 15.3. The summed E-state index contributed by atoms with van der Waals surface area (Å²) in [7, 11) is 0. The Bertz CT molecular complexity index is 358. The zero-order valence-electron chi connectivity index (χ0n) is 13.8. The normalized spacial score (nSPS) is 31.1. The van der Waals surface area contributed by atoms with E-state index < -0.39 is 0 Å². The smallest absolute Gasteiger partial charge is 0.225 e. The fourth-order valence-electron chi connectivity index (χ4n) is 4.29. The molecule has 1 heterocycles. The van der Waals surface area contributed by atoms with Gasteiger partial charge in [-0.15, -0.1) is 0 Å². The molecule has 120 valence electrons. The number of carbonyl (C=O) groups excluding carboxylic acids is 1. The van der Waals surface area contributed by atoms with E-state index >= 15 is 0 Å². The Balaban J connectivity index is 1.59. The quantitative estimate of drug-likeness (QED) is 0.844. The van der Waals surface area contributed by atoms with Crippen molar-refractivity contribution in [1.82, 2.24) is 10.2 Å². The number of piperidine rings is 1. The van der Waals surface area contributed by atoms with Crippen molar-refractivity contribution in [2.45, 2.75) is 77.3 Å². The van der Waals surface area contributed by atoms with Crippen LogP contribution in [0.1, 0.15) is 65.2 Å². The highest BCUT2D eigenvalue weighted by molar-refractivity contribution is 5.78. The van der Waals surface area contributed by atoms with E-state index in [4.69, 9.17) is 0 Å². The van der Waals surface area contributed by atoms with E-state index in [-0.39, 0.29) is 5.92 Å². The van der Waals surface area contributed by atoms with Crippen molar-refractivity contribution in [1.29, 1.82) is 0 Å². The predicted octanol–water partition coefficient (Wildman–Crippen LogP) is 3.19. The van der Waals surface area contributed by atoms with Crippen molar-refractivity contribution in [2.24, 2.45) is 17.8 Å². The summed E-state index contributed by atoms with van der Waals surface area (Å²) >= 11 is 0. The summed E-state index contributed by atoms with van der Waals surface area (Å²) < 4.78 is 0. The molecule has 1 saturated heterocycles. The van der Waals surface area contributed by atoms with Crippen molar-refractivity contribution in [3.05, 3.63) is 0 Å². The summed E-state index contributed by atoms with van der Waals surface area (Å²) in [4.78, 5) is 14.6. The standard InChI is InChI=1S/C18H32N2O/c1-13(2)18(21)20-11-15(9-14-7-8-14)10-17(12-20)19-16-5-3-4-6-16/h13-17,19H,3-12H2,1-2H3. The van der Waals surface area contributed by atoms with Crippen LogP contribution in [-0.4, -0.2) is 36.0 Å². The molecule has 1 N–H and O–H groups in total. The second-order valence-corrected chi connectivity index (χ2v) is 8.02. The third kappa shape index (κ3) is 4.21. The first-order valence-electron chi connectivity index (χ1n) is 9.16. The molecule has 2 atom stereocenters. The Morgan fingerprint density at radius 3 is 2.38 bits per heavy atom. The molecule has 1 aliphatic heterocycles. The Hall–Kier alpha value is -0.570. The molecule has 0 aromatic heterocycles. The molecule has 3 fully saturated rings. The van der Waals surface area contributed by atoms with Crippen LogP contribution in [0.2, 0.25) is 0 Å². The van der Waals surface area contributed by atoms with Crippen LogP contribution < -0.4 is 5.32 Å². The third-order valence-electron chi connectivity index (χ3n) is 5.53. The van der Waals surface area contributed by atoms with Gasteiger partial charge < -0.3 is 10.2 Å². The molecule has 21 heavy (non-hydrogen) atoms. The molecule has 0 spiro atoms. The van der Waals surface area contributed by atoms with Gasteiger partial charge in [-0.3, -0.25) is 4.79 Å². The summed E-state index contributed by atoms with van der Waals surface area (Å²) in [6.07, 6.45) is 10.9. The lowest BCUT2D eigenvalue weighted by molar-refractivity contribution is -0.137. The number of likely N-dealkylation sites (tertiary alicyclic amines) is 1. The van der Waals surface area contributed by atoms with Crippen LogP contribution in [-0.2, 0) is 4.79 Å². The fourth-order valence-corrected chi connectivity index (χ4v) is 4.29. The van der Waals surface area contributed by atoms with Crippen LogP contribution >= 0.6 is 0 Å². The summed E-state index contributed by atoms with van der Waals surface area (Å²) in [6, 6.07) is 1.25. The molecule has 0 radical (unpaired) electrons. The summed E-state index contributed by atoms with van der Waals surface area (Å²) in [5.41, 5.74) is 0. The highest BCUT2D eigenvalue weighted by atomic mass is 16.2. The number of nitrogens with one attached hydrogen (secondary N) is 1. The summed E-state index contributed by atoms with van der Waals surface area (Å²) in [5, 5.41) is 3.87. The Kier molecular flexibility index (Phi) is 4.88. The zero-order valence-corrected chi connectivity index (χ0v) is 13.8. The maximum absolute atomic E-state index is 12.4. The third-order valence-corrected chi connectivity index (χ3v) is 5.53. The van der Waals surface area contributed by atoms with E-state index in [0.29, 0.717) is 18.0 Å². The van der Waals surface area contributed by atoms with Gasteiger partial charge in [0.05, 0.1) is 0 Å². The van der Waals surface area contributed by atoms with Crippen molar-refractivity contribution in [3.8, 4) is 0 Å². The Labute approximate surface area is 129 Å². The van der Waals surface area contributed by atoms with Crippen LogP contribution in [0.15, 0.2) is 0 Å². The zero-order chi connectivity index (χ0) is 14.8. The minimum absolute atomic E-state index is 0.136. The fraction of sp³-hybridized carbons (Fsp3) is 0.944. The molecule has 1 amide bonds. The summed E-state index contributed by atoms with van der Waals surface area (Å²) in [6.45, 7) is 6.02. The van der Waals surface area contributed by atoms with Crippen molar-refractivity contribution in [2.75, 3.05) is 13.1 Å². The van der Waals surface area contributed by atoms with Gasteiger partial charge in [0.1, 0.15) is 0 Å². The molecular formula is C18H32N2O. The van der Waals surface area contributed by atoms with Crippen molar-refractivity contribution >= 4 is 5.91 Å². The van der Waals surface area contributed by atoms with E-state index in [1.165, 1.54) is 51.4 Å².